The Hall–Kier alpha value is -1.60. The molecule has 0 heterocycles. The summed E-state index contributed by atoms with van der Waals surface area (Å²) in [4.78, 5) is 0. The van der Waals surface area contributed by atoms with Gasteiger partial charge in [0.1, 0.15) is 0 Å². The largest absolute Gasteiger partial charge is 0.460 e. The number of halogens is 21. The van der Waals surface area contributed by atoms with Crippen LogP contribution in [0.5, 0.6) is 0 Å². The maximum absolute atomic E-state index is 14.4. The predicted octanol–water partition coefficient (Wildman–Crippen LogP) is 6.97. The number of nitrogens with zero attached hydrogens (tertiary/aromatic N) is 2. The van der Waals surface area contributed by atoms with Crippen molar-refractivity contribution >= 4 is 10.0 Å². The van der Waals surface area contributed by atoms with Crippen LogP contribution < -0.4 is 0 Å². The van der Waals surface area contributed by atoms with Gasteiger partial charge in [0.05, 0.1) is 27.7 Å². The molecule has 0 rings (SSSR count). The molecular formula is C18H20F21N2O2S+. The quantitative estimate of drug-likeness (QED) is 0.135. The summed E-state index contributed by atoms with van der Waals surface area (Å²) in [5.41, 5.74) is 0. The van der Waals surface area contributed by atoms with Gasteiger partial charge in [-0.3, -0.25) is 0 Å². The summed E-state index contributed by atoms with van der Waals surface area (Å²) in [5.74, 6) is -72.1. The van der Waals surface area contributed by atoms with E-state index in [4.69, 9.17) is 0 Å². The van der Waals surface area contributed by atoms with E-state index in [1.807, 2.05) is 0 Å². The molecule has 0 aromatic carbocycles. The fourth-order valence-electron chi connectivity index (χ4n) is 3.04. The maximum Gasteiger partial charge on any atom is 0.460 e. The average Bonchev–Trinajstić information content (AvgIpc) is 2.78. The van der Waals surface area contributed by atoms with Crippen molar-refractivity contribution in [2.45, 2.75) is 72.2 Å². The van der Waals surface area contributed by atoms with Crippen molar-refractivity contribution in [1.29, 1.82) is 0 Å². The molecule has 0 unspecified atom stereocenters. The van der Waals surface area contributed by atoms with E-state index < -0.39 is 92.6 Å². The van der Waals surface area contributed by atoms with Crippen LogP contribution in [0, 0.1) is 0 Å². The third-order valence-electron chi connectivity index (χ3n) is 5.73. The standard InChI is InChI=1S/C18H20F21N2O2S/c1-5-40(7-6-8-41(2,3)4)44(42,43)18(38,39)16(33,34)14(29,30)12(25,26)10(21,22)9(19,20)11(23,24)13(27,28)15(31,32)17(35,36)37/h5-8H2,1-4H3/q+1. The Morgan fingerprint density at radius 3 is 1.02 bits per heavy atom. The zero-order valence-electron chi connectivity index (χ0n) is 21.9. The molecule has 0 fully saturated rings. The molecule has 44 heavy (non-hydrogen) atoms. The number of alkyl halides is 21. The van der Waals surface area contributed by atoms with Gasteiger partial charge in [-0.15, -0.1) is 0 Å². The molecule has 0 aromatic rings. The van der Waals surface area contributed by atoms with Gasteiger partial charge < -0.3 is 4.48 Å². The van der Waals surface area contributed by atoms with Gasteiger partial charge in [0.25, 0.3) is 10.0 Å². The molecule has 0 radical (unpaired) electrons. The molecule has 4 nitrogen and oxygen atoms in total. The summed E-state index contributed by atoms with van der Waals surface area (Å²) in [6.07, 6.45) is -8.65. The molecule has 0 aromatic heterocycles. The Labute approximate surface area is 233 Å². The van der Waals surface area contributed by atoms with Crippen LogP contribution in [-0.2, 0) is 10.0 Å². The van der Waals surface area contributed by atoms with E-state index in [1.165, 1.54) is 21.1 Å². The fraction of sp³-hybridized carbons (Fsp3) is 1.00. The highest BCUT2D eigenvalue weighted by Crippen LogP contribution is 2.66. The topological polar surface area (TPSA) is 37.4 Å². The molecule has 0 atom stereocenters. The van der Waals surface area contributed by atoms with Gasteiger partial charge >= 0.3 is 58.8 Å². The first-order chi connectivity index (χ1) is 18.7. The van der Waals surface area contributed by atoms with Crippen LogP contribution in [0.3, 0.4) is 0 Å². The molecule has 26 heteroatoms. The Kier molecular flexibility index (Phi) is 10.9. The van der Waals surface area contributed by atoms with E-state index >= 15 is 0 Å². The highest BCUT2D eigenvalue weighted by Gasteiger charge is 2.98. The Morgan fingerprint density at radius 1 is 0.500 bits per heavy atom. The van der Waals surface area contributed by atoms with Gasteiger partial charge in [0.15, 0.2) is 0 Å². The summed E-state index contributed by atoms with van der Waals surface area (Å²) < 4.78 is 307. The van der Waals surface area contributed by atoms with E-state index in [2.05, 4.69) is 0 Å². The highest BCUT2D eigenvalue weighted by atomic mass is 32.2. The lowest BCUT2D eigenvalue weighted by Gasteiger charge is -2.44. The van der Waals surface area contributed by atoms with Crippen LogP contribution >= 0.6 is 0 Å². The lowest BCUT2D eigenvalue weighted by Crippen LogP contribution is -2.77. The van der Waals surface area contributed by atoms with Crippen molar-refractivity contribution < 1.29 is 105 Å². The van der Waals surface area contributed by atoms with Crippen LogP contribution in [0.1, 0.15) is 13.3 Å². The summed E-state index contributed by atoms with van der Waals surface area (Å²) in [7, 11) is -3.28. The Bertz CT molecular complexity index is 1120. The molecule has 266 valence electrons. The van der Waals surface area contributed by atoms with E-state index in [0.29, 0.717) is 6.92 Å². The normalized spacial score (nSPS) is 16.6. The molecule has 0 saturated carbocycles. The van der Waals surface area contributed by atoms with Crippen molar-refractivity contribution in [3.05, 3.63) is 0 Å². The fourth-order valence-corrected chi connectivity index (χ4v) is 4.52. The highest BCUT2D eigenvalue weighted by molar-refractivity contribution is 7.90. The first-order valence-electron chi connectivity index (χ1n) is 10.9. The molecule has 0 aliphatic carbocycles. The van der Waals surface area contributed by atoms with E-state index in [0.717, 1.165) is 0 Å². The minimum absolute atomic E-state index is 0.101. The lowest BCUT2D eigenvalue weighted by molar-refractivity contribution is -0.870. The van der Waals surface area contributed by atoms with Crippen LogP contribution in [0.15, 0.2) is 0 Å². The zero-order valence-corrected chi connectivity index (χ0v) is 22.7. The van der Waals surface area contributed by atoms with Gasteiger partial charge in [-0.2, -0.15) is 96.5 Å². The first kappa shape index (κ1) is 42.4. The minimum Gasteiger partial charge on any atom is -0.331 e. The van der Waals surface area contributed by atoms with Crippen molar-refractivity contribution in [1.82, 2.24) is 4.31 Å². The first-order valence-corrected chi connectivity index (χ1v) is 12.4. The van der Waals surface area contributed by atoms with Crippen molar-refractivity contribution in [3.8, 4) is 0 Å². The smallest absolute Gasteiger partial charge is 0.331 e. The summed E-state index contributed by atoms with van der Waals surface area (Å²) >= 11 is 0. The molecule has 0 spiro atoms. The van der Waals surface area contributed by atoms with Crippen molar-refractivity contribution in [2.24, 2.45) is 0 Å². The van der Waals surface area contributed by atoms with Gasteiger partial charge in [-0.1, -0.05) is 6.92 Å². The van der Waals surface area contributed by atoms with Gasteiger partial charge in [-0.25, -0.2) is 8.42 Å². The molecule has 0 aliphatic rings. The van der Waals surface area contributed by atoms with E-state index in [-0.39, 0.29) is 11.0 Å². The lowest BCUT2D eigenvalue weighted by atomic mass is 9.87. The van der Waals surface area contributed by atoms with Crippen LogP contribution in [-0.4, -0.2) is 117 Å². The average molecular weight is 727 g/mol. The monoisotopic (exact) mass is 727 g/mol. The third-order valence-corrected chi connectivity index (χ3v) is 7.76. The van der Waals surface area contributed by atoms with Gasteiger partial charge in [0.2, 0.25) is 0 Å². The van der Waals surface area contributed by atoms with Crippen molar-refractivity contribution in [3.63, 3.8) is 0 Å². The van der Waals surface area contributed by atoms with E-state index in [1.54, 1.807) is 0 Å². The zero-order chi connectivity index (χ0) is 36.4. The van der Waals surface area contributed by atoms with E-state index in [9.17, 15) is 101 Å². The summed E-state index contributed by atoms with van der Waals surface area (Å²) in [6, 6.07) is 0. The number of quaternary nitrogens is 1. The summed E-state index contributed by atoms with van der Waals surface area (Å²) in [6.45, 7) is -2.31. The number of hydrogen-bond donors (Lipinski definition) is 0. The summed E-state index contributed by atoms with van der Waals surface area (Å²) in [5, 5.41) is -7.74. The minimum atomic E-state index is -9.34. The predicted molar refractivity (Wildman–Crippen MR) is 104 cm³/mol. The molecule has 0 N–H and O–H groups in total. The number of sulfonamides is 1. The second kappa shape index (κ2) is 11.3. The molecular weight excluding hydrogens is 707 g/mol. The third kappa shape index (κ3) is 5.87. The van der Waals surface area contributed by atoms with Gasteiger partial charge in [0, 0.05) is 19.5 Å². The SMILES string of the molecule is CCN(CCC[N+](C)(C)C)S(=O)(=O)C(F)(F)C(F)(F)C(F)(F)C(F)(F)C(F)(F)C(F)(F)C(F)(F)C(F)(F)C(F)(F)C(F)(F)F. The molecule has 0 saturated heterocycles. The maximum atomic E-state index is 14.4. The molecule has 0 amide bonds. The second-order valence-electron chi connectivity index (χ2n) is 9.97. The molecule has 0 bridgehead atoms. The Morgan fingerprint density at radius 2 is 0.773 bits per heavy atom. The molecule has 0 aliphatic heterocycles. The van der Waals surface area contributed by atoms with Crippen LogP contribution in [0.4, 0.5) is 92.2 Å². The van der Waals surface area contributed by atoms with Crippen LogP contribution in [0.2, 0.25) is 0 Å². The number of rotatable bonds is 15. The van der Waals surface area contributed by atoms with Crippen molar-refractivity contribution in [2.75, 3.05) is 40.8 Å². The Balaban J connectivity index is 7.14. The van der Waals surface area contributed by atoms with Gasteiger partial charge in [-0.05, 0) is 0 Å². The van der Waals surface area contributed by atoms with Crippen LogP contribution in [0.25, 0.3) is 0 Å². The number of hydrogen-bond acceptors (Lipinski definition) is 2. The second-order valence-corrected chi connectivity index (χ2v) is 12.0.